The molecule has 1 aliphatic rings. The van der Waals surface area contributed by atoms with Gasteiger partial charge in [-0.2, -0.15) is 0 Å². The first kappa shape index (κ1) is 17.0. The van der Waals surface area contributed by atoms with E-state index < -0.39 is 0 Å². The second-order valence-corrected chi connectivity index (χ2v) is 6.59. The van der Waals surface area contributed by atoms with Gasteiger partial charge in [0, 0.05) is 25.2 Å². The SMILES string of the molecule is COc1ccc(CN[C@@H]2CCCC[C@H]2NCc2ccccc2)cc1. The average Bonchev–Trinajstić information content (AvgIpc) is 2.66. The predicted octanol–water partition coefficient (Wildman–Crippen LogP) is 3.89. The van der Waals surface area contributed by atoms with Crippen LogP contribution in [0.1, 0.15) is 36.8 Å². The standard InChI is InChI=1S/C21H28N2O/c1-24-19-13-11-18(12-14-19)16-23-21-10-6-5-9-20(21)22-15-17-7-3-2-4-8-17/h2-4,7-8,11-14,20-23H,5-6,9-10,15-16H2,1H3/t20-,21-/m1/s1. The minimum atomic E-state index is 0.546. The van der Waals surface area contributed by atoms with Gasteiger partial charge in [-0.25, -0.2) is 0 Å². The molecular weight excluding hydrogens is 296 g/mol. The summed E-state index contributed by atoms with van der Waals surface area (Å²) in [6.45, 7) is 1.87. The lowest BCUT2D eigenvalue weighted by Crippen LogP contribution is -2.49. The van der Waals surface area contributed by atoms with Gasteiger partial charge in [-0.1, -0.05) is 55.3 Å². The van der Waals surface area contributed by atoms with E-state index in [-0.39, 0.29) is 0 Å². The zero-order valence-electron chi connectivity index (χ0n) is 14.5. The zero-order chi connectivity index (χ0) is 16.6. The van der Waals surface area contributed by atoms with Crippen molar-refractivity contribution in [1.82, 2.24) is 10.6 Å². The number of benzene rings is 2. The van der Waals surface area contributed by atoms with Crippen LogP contribution >= 0.6 is 0 Å². The maximum atomic E-state index is 5.22. The summed E-state index contributed by atoms with van der Waals surface area (Å²) in [5.74, 6) is 0.916. The Kier molecular flexibility index (Phi) is 6.27. The van der Waals surface area contributed by atoms with E-state index in [9.17, 15) is 0 Å². The van der Waals surface area contributed by atoms with Crippen LogP contribution in [-0.2, 0) is 13.1 Å². The number of ether oxygens (including phenoxy) is 1. The van der Waals surface area contributed by atoms with Gasteiger partial charge in [-0.3, -0.25) is 0 Å². The van der Waals surface area contributed by atoms with Crippen LogP contribution in [0.4, 0.5) is 0 Å². The molecule has 3 rings (SSSR count). The van der Waals surface area contributed by atoms with Gasteiger partial charge in [-0.15, -0.1) is 0 Å². The van der Waals surface area contributed by atoms with Gasteiger partial charge in [0.1, 0.15) is 5.75 Å². The van der Waals surface area contributed by atoms with Crippen molar-refractivity contribution in [3.8, 4) is 5.75 Å². The first-order valence-corrected chi connectivity index (χ1v) is 8.99. The third-order valence-corrected chi connectivity index (χ3v) is 4.90. The molecule has 0 aliphatic heterocycles. The van der Waals surface area contributed by atoms with E-state index in [2.05, 4.69) is 53.1 Å². The average molecular weight is 324 g/mol. The van der Waals surface area contributed by atoms with Gasteiger partial charge in [0.05, 0.1) is 7.11 Å². The van der Waals surface area contributed by atoms with Crippen molar-refractivity contribution in [2.75, 3.05) is 7.11 Å². The van der Waals surface area contributed by atoms with E-state index in [1.807, 2.05) is 12.1 Å². The van der Waals surface area contributed by atoms with Gasteiger partial charge >= 0.3 is 0 Å². The van der Waals surface area contributed by atoms with Crippen molar-refractivity contribution in [2.45, 2.75) is 50.9 Å². The van der Waals surface area contributed by atoms with Crippen LogP contribution in [-0.4, -0.2) is 19.2 Å². The number of nitrogens with one attached hydrogen (secondary N) is 2. The van der Waals surface area contributed by atoms with E-state index in [4.69, 9.17) is 4.74 Å². The molecule has 0 aromatic heterocycles. The van der Waals surface area contributed by atoms with E-state index in [0.717, 1.165) is 18.8 Å². The van der Waals surface area contributed by atoms with Crippen LogP contribution < -0.4 is 15.4 Å². The lowest BCUT2D eigenvalue weighted by molar-refractivity contribution is 0.281. The normalized spacial score (nSPS) is 20.7. The van der Waals surface area contributed by atoms with Crippen LogP contribution in [0.15, 0.2) is 54.6 Å². The maximum Gasteiger partial charge on any atom is 0.118 e. The summed E-state index contributed by atoms with van der Waals surface area (Å²) in [6, 6.07) is 20.1. The topological polar surface area (TPSA) is 33.3 Å². The summed E-state index contributed by atoms with van der Waals surface area (Å²) in [6.07, 6.45) is 5.16. The summed E-state index contributed by atoms with van der Waals surface area (Å²) in [4.78, 5) is 0. The summed E-state index contributed by atoms with van der Waals surface area (Å²) in [5.41, 5.74) is 2.67. The molecule has 0 amide bonds. The van der Waals surface area contributed by atoms with E-state index in [1.54, 1.807) is 7.11 Å². The van der Waals surface area contributed by atoms with Crippen molar-refractivity contribution in [1.29, 1.82) is 0 Å². The molecule has 0 heterocycles. The van der Waals surface area contributed by atoms with Crippen LogP contribution in [0, 0.1) is 0 Å². The molecule has 1 fully saturated rings. The highest BCUT2D eigenvalue weighted by Gasteiger charge is 2.24. The fourth-order valence-corrected chi connectivity index (χ4v) is 3.46. The Morgan fingerprint density at radius 3 is 1.88 bits per heavy atom. The van der Waals surface area contributed by atoms with Gasteiger partial charge in [0.15, 0.2) is 0 Å². The van der Waals surface area contributed by atoms with Crippen molar-refractivity contribution < 1.29 is 4.74 Å². The second-order valence-electron chi connectivity index (χ2n) is 6.59. The van der Waals surface area contributed by atoms with Crippen molar-refractivity contribution in [3.05, 3.63) is 65.7 Å². The third-order valence-electron chi connectivity index (χ3n) is 4.90. The molecule has 0 bridgehead atoms. The van der Waals surface area contributed by atoms with Crippen molar-refractivity contribution in [2.24, 2.45) is 0 Å². The fraction of sp³-hybridized carbons (Fsp3) is 0.429. The van der Waals surface area contributed by atoms with Crippen molar-refractivity contribution >= 4 is 0 Å². The first-order chi connectivity index (χ1) is 11.8. The molecule has 3 nitrogen and oxygen atoms in total. The molecule has 0 saturated heterocycles. The number of methoxy groups -OCH3 is 1. The molecule has 2 atom stereocenters. The predicted molar refractivity (Wildman–Crippen MR) is 99.2 cm³/mol. The quantitative estimate of drug-likeness (QED) is 0.811. The Hall–Kier alpha value is -1.84. The smallest absolute Gasteiger partial charge is 0.118 e. The minimum Gasteiger partial charge on any atom is -0.497 e. The largest absolute Gasteiger partial charge is 0.497 e. The van der Waals surface area contributed by atoms with E-state index in [1.165, 1.54) is 36.8 Å². The lowest BCUT2D eigenvalue weighted by atomic mass is 9.90. The lowest BCUT2D eigenvalue weighted by Gasteiger charge is -2.33. The maximum absolute atomic E-state index is 5.22. The Morgan fingerprint density at radius 1 is 0.792 bits per heavy atom. The molecule has 2 N–H and O–H groups in total. The third kappa shape index (κ3) is 4.83. The van der Waals surface area contributed by atoms with Gasteiger partial charge in [0.25, 0.3) is 0 Å². The molecule has 3 heteroatoms. The van der Waals surface area contributed by atoms with Crippen LogP contribution in [0.5, 0.6) is 5.75 Å². The molecule has 0 radical (unpaired) electrons. The highest BCUT2D eigenvalue weighted by atomic mass is 16.5. The first-order valence-electron chi connectivity index (χ1n) is 8.99. The highest BCUT2D eigenvalue weighted by Crippen LogP contribution is 2.20. The highest BCUT2D eigenvalue weighted by molar-refractivity contribution is 5.27. The van der Waals surface area contributed by atoms with Gasteiger partial charge < -0.3 is 15.4 Å². The Bertz CT molecular complexity index is 597. The molecule has 0 unspecified atom stereocenters. The molecular formula is C21H28N2O. The molecule has 128 valence electrons. The second kappa shape index (κ2) is 8.86. The summed E-state index contributed by atoms with van der Waals surface area (Å²) in [7, 11) is 1.71. The summed E-state index contributed by atoms with van der Waals surface area (Å²) >= 11 is 0. The Labute approximate surface area is 145 Å². The Balaban J connectivity index is 1.51. The number of rotatable bonds is 7. The monoisotopic (exact) mass is 324 g/mol. The van der Waals surface area contributed by atoms with Crippen molar-refractivity contribution in [3.63, 3.8) is 0 Å². The zero-order valence-corrected chi connectivity index (χ0v) is 14.5. The Morgan fingerprint density at radius 2 is 1.33 bits per heavy atom. The number of hydrogen-bond acceptors (Lipinski definition) is 3. The molecule has 2 aromatic rings. The van der Waals surface area contributed by atoms with Gasteiger partial charge in [0.2, 0.25) is 0 Å². The summed E-state index contributed by atoms with van der Waals surface area (Å²) < 4.78 is 5.22. The molecule has 24 heavy (non-hydrogen) atoms. The molecule has 1 aliphatic carbocycles. The molecule has 1 saturated carbocycles. The van der Waals surface area contributed by atoms with Crippen LogP contribution in [0.3, 0.4) is 0 Å². The fourth-order valence-electron chi connectivity index (χ4n) is 3.46. The molecule has 0 spiro atoms. The van der Waals surface area contributed by atoms with Crippen LogP contribution in [0.2, 0.25) is 0 Å². The number of hydrogen-bond donors (Lipinski definition) is 2. The van der Waals surface area contributed by atoms with Gasteiger partial charge in [-0.05, 0) is 36.1 Å². The molecule has 2 aromatic carbocycles. The minimum absolute atomic E-state index is 0.546. The van der Waals surface area contributed by atoms with E-state index >= 15 is 0 Å². The van der Waals surface area contributed by atoms with E-state index in [0.29, 0.717) is 12.1 Å². The summed E-state index contributed by atoms with van der Waals surface area (Å²) in [5, 5.41) is 7.52. The van der Waals surface area contributed by atoms with Crippen LogP contribution in [0.25, 0.3) is 0 Å².